The Labute approximate surface area is 222 Å². The summed E-state index contributed by atoms with van der Waals surface area (Å²) in [6.07, 6.45) is 9.79. The fourth-order valence-corrected chi connectivity index (χ4v) is 5.38. The molecule has 1 aromatic carbocycles. The van der Waals surface area contributed by atoms with Crippen LogP contribution in [0, 0.1) is 12.8 Å². The summed E-state index contributed by atoms with van der Waals surface area (Å²) >= 11 is 0. The molecule has 0 saturated carbocycles. The Hall–Kier alpha value is -3.86. The molecule has 0 spiro atoms. The van der Waals surface area contributed by atoms with Gasteiger partial charge in [0.05, 0.1) is 19.1 Å². The van der Waals surface area contributed by atoms with Crippen LogP contribution in [0.15, 0.2) is 36.9 Å². The van der Waals surface area contributed by atoms with Crippen LogP contribution in [-0.2, 0) is 11.3 Å². The second kappa shape index (κ2) is 10.9. The molecular weight excluding hydrogens is 482 g/mol. The molecule has 38 heavy (non-hydrogen) atoms. The first-order valence-corrected chi connectivity index (χ1v) is 13.4. The number of H-pyrrole nitrogens is 1. The average Bonchev–Trinajstić information content (AvgIpc) is 3.59. The predicted molar refractivity (Wildman–Crippen MR) is 147 cm³/mol. The minimum absolute atomic E-state index is 0.299. The number of benzene rings is 1. The molecule has 11 heteroatoms. The van der Waals surface area contributed by atoms with E-state index in [9.17, 15) is 0 Å². The van der Waals surface area contributed by atoms with Crippen molar-refractivity contribution >= 4 is 34.3 Å². The van der Waals surface area contributed by atoms with Crippen LogP contribution in [-0.4, -0.2) is 68.9 Å². The van der Waals surface area contributed by atoms with Crippen LogP contribution >= 0.6 is 0 Å². The number of rotatable bonds is 8. The first-order valence-electron chi connectivity index (χ1n) is 13.4. The fourth-order valence-electron chi connectivity index (χ4n) is 5.38. The molecule has 5 heterocycles. The third kappa shape index (κ3) is 5.24. The number of piperidine rings is 1. The molecule has 0 radical (unpaired) electrons. The van der Waals surface area contributed by atoms with E-state index in [1.807, 2.05) is 12.3 Å². The quantitative estimate of drug-likeness (QED) is 0.317. The highest BCUT2D eigenvalue weighted by Crippen LogP contribution is 2.34. The van der Waals surface area contributed by atoms with Crippen LogP contribution in [0.1, 0.15) is 31.5 Å². The number of aryl methyl sites for hydroxylation is 1. The van der Waals surface area contributed by atoms with Crippen molar-refractivity contribution < 1.29 is 9.47 Å². The molecule has 0 unspecified atom stereocenters. The molecule has 0 bridgehead atoms. The van der Waals surface area contributed by atoms with Gasteiger partial charge < -0.3 is 34.6 Å². The van der Waals surface area contributed by atoms with E-state index in [1.54, 1.807) is 13.4 Å². The van der Waals surface area contributed by atoms with Crippen LogP contribution < -0.4 is 20.3 Å². The van der Waals surface area contributed by atoms with Gasteiger partial charge in [0.15, 0.2) is 11.5 Å². The lowest BCUT2D eigenvalue weighted by molar-refractivity contribution is 0.0904. The van der Waals surface area contributed by atoms with Crippen LogP contribution in [0.25, 0.3) is 11.2 Å². The van der Waals surface area contributed by atoms with Gasteiger partial charge in [0.2, 0.25) is 5.95 Å². The summed E-state index contributed by atoms with van der Waals surface area (Å²) in [4.78, 5) is 23.7. The zero-order chi connectivity index (χ0) is 25.9. The Kier molecular flexibility index (Phi) is 7.00. The summed E-state index contributed by atoms with van der Waals surface area (Å²) in [6, 6.07) is 6.58. The monoisotopic (exact) mass is 517 g/mol. The van der Waals surface area contributed by atoms with E-state index in [0.717, 1.165) is 92.8 Å². The summed E-state index contributed by atoms with van der Waals surface area (Å²) in [5, 5.41) is 6.90. The number of ether oxygens (including phenoxy) is 2. The number of imidazole rings is 2. The molecule has 0 aliphatic carbocycles. The molecule has 6 rings (SSSR count). The van der Waals surface area contributed by atoms with Gasteiger partial charge in [-0.25, -0.2) is 9.97 Å². The Balaban J connectivity index is 1.15. The molecule has 3 aromatic heterocycles. The fraction of sp³-hybridized carbons (Fsp3) is 0.481. The van der Waals surface area contributed by atoms with Crippen molar-refractivity contribution in [3.05, 3.63) is 42.7 Å². The van der Waals surface area contributed by atoms with E-state index in [0.29, 0.717) is 23.6 Å². The SMILES string of the molecule is COc1cc(N2CCC(Cn3ccnc3C)CC2)ccc1Nc1nc(NC2CCOCC2)c2nc[nH]c2n1. The van der Waals surface area contributed by atoms with Crippen molar-refractivity contribution in [2.45, 2.75) is 45.2 Å². The zero-order valence-electron chi connectivity index (χ0n) is 22.0. The number of aromatic nitrogens is 6. The van der Waals surface area contributed by atoms with Gasteiger partial charge in [0, 0.05) is 63.0 Å². The number of hydrogen-bond donors (Lipinski definition) is 3. The van der Waals surface area contributed by atoms with E-state index < -0.39 is 0 Å². The molecular formula is C27H35N9O2. The molecule has 3 N–H and O–H groups in total. The topological polar surface area (TPSA) is 118 Å². The van der Waals surface area contributed by atoms with Gasteiger partial charge in [-0.3, -0.25) is 0 Å². The van der Waals surface area contributed by atoms with Gasteiger partial charge in [-0.2, -0.15) is 9.97 Å². The van der Waals surface area contributed by atoms with E-state index in [2.05, 4.69) is 65.3 Å². The predicted octanol–water partition coefficient (Wildman–Crippen LogP) is 4.12. The Morgan fingerprint density at radius 1 is 1.11 bits per heavy atom. The second-order valence-corrected chi connectivity index (χ2v) is 10.1. The molecule has 0 atom stereocenters. The number of nitrogens with one attached hydrogen (secondary N) is 3. The largest absolute Gasteiger partial charge is 0.494 e. The minimum Gasteiger partial charge on any atom is -0.494 e. The number of aromatic amines is 1. The summed E-state index contributed by atoms with van der Waals surface area (Å²) in [6.45, 7) is 6.66. The summed E-state index contributed by atoms with van der Waals surface area (Å²) < 4.78 is 13.5. The third-order valence-electron chi connectivity index (χ3n) is 7.63. The van der Waals surface area contributed by atoms with Gasteiger partial charge in [-0.1, -0.05) is 0 Å². The van der Waals surface area contributed by atoms with Gasteiger partial charge >= 0.3 is 0 Å². The summed E-state index contributed by atoms with van der Waals surface area (Å²) in [7, 11) is 1.70. The number of methoxy groups -OCH3 is 1. The van der Waals surface area contributed by atoms with Crippen molar-refractivity contribution in [3.63, 3.8) is 0 Å². The lowest BCUT2D eigenvalue weighted by Gasteiger charge is -2.34. The van der Waals surface area contributed by atoms with Crippen LogP contribution in [0.4, 0.5) is 23.1 Å². The van der Waals surface area contributed by atoms with Gasteiger partial charge in [-0.15, -0.1) is 0 Å². The van der Waals surface area contributed by atoms with Crippen molar-refractivity contribution in [2.24, 2.45) is 5.92 Å². The molecule has 2 aliphatic heterocycles. The molecule has 4 aromatic rings. The summed E-state index contributed by atoms with van der Waals surface area (Å²) in [5.41, 5.74) is 3.39. The first-order chi connectivity index (χ1) is 18.7. The lowest BCUT2D eigenvalue weighted by Crippen LogP contribution is -2.35. The highest BCUT2D eigenvalue weighted by atomic mass is 16.5. The second-order valence-electron chi connectivity index (χ2n) is 10.1. The van der Waals surface area contributed by atoms with Crippen molar-refractivity contribution in [1.29, 1.82) is 0 Å². The minimum atomic E-state index is 0.299. The standard InChI is InChI=1S/C27H35N9O2/c1-18-28-9-12-36(18)16-19-5-10-35(11-6-19)21-3-4-22(23(15-21)37-2)32-27-33-25-24(29-17-30-25)26(34-27)31-20-7-13-38-14-8-20/h3-4,9,12,15,17,19-20H,5-8,10-11,13-14,16H2,1-2H3,(H3,29,30,31,32,33,34). The van der Waals surface area contributed by atoms with Gasteiger partial charge in [0.25, 0.3) is 0 Å². The average molecular weight is 518 g/mol. The number of anilines is 4. The Morgan fingerprint density at radius 3 is 2.71 bits per heavy atom. The molecule has 2 fully saturated rings. The maximum atomic E-state index is 5.77. The molecule has 11 nitrogen and oxygen atoms in total. The zero-order valence-corrected chi connectivity index (χ0v) is 22.0. The number of fused-ring (bicyclic) bond motifs is 1. The van der Waals surface area contributed by atoms with Crippen molar-refractivity contribution in [2.75, 3.05) is 48.9 Å². The summed E-state index contributed by atoms with van der Waals surface area (Å²) in [5.74, 6) is 3.71. The molecule has 200 valence electrons. The van der Waals surface area contributed by atoms with Gasteiger partial charge in [-0.05, 0) is 50.7 Å². The molecule has 0 amide bonds. The number of hydrogen-bond acceptors (Lipinski definition) is 9. The van der Waals surface area contributed by atoms with E-state index in [1.165, 1.54) is 0 Å². The normalized spacial score (nSPS) is 17.2. The highest BCUT2D eigenvalue weighted by molar-refractivity contribution is 5.84. The van der Waals surface area contributed by atoms with Crippen molar-refractivity contribution in [1.82, 2.24) is 29.5 Å². The van der Waals surface area contributed by atoms with Gasteiger partial charge in [0.1, 0.15) is 17.1 Å². The lowest BCUT2D eigenvalue weighted by atomic mass is 9.96. The Bertz CT molecular complexity index is 1370. The van der Waals surface area contributed by atoms with Crippen LogP contribution in [0.2, 0.25) is 0 Å². The molecule has 2 saturated heterocycles. The highest BCUT2D eigenvalue weighted by Gasteiger charge is 2.22. The first kappa shape index (κ1) is 24.5. The Morgan fingerprint density at radius 2 is 1.95 bits per heavy atom. The molecule has 2 aliphatic rings. The van der Waals surface area contributed by atoms with E-state index in [-0.39, 0.29) is 0 Å². The smallest absolute Gasteiger partial charge is 0.231 e. The van der Waals surface area contributed by atoms with Crippen molar-refractivity contribution in [3.8, 4) is 5.75 Å². The van der Waals surface area contributed by atoms with E-state index >= 15 is 0 Å². The maximum Gasteiger partial charge on any atom is 0.231 e. The van der Waals surface area contributed by atoms with E-state index in [4.69, 9.17) is 14.5 Å². The van der Waals surface area contributed by atoms with Crippen LogP contribution in [0.5, 0.6) is 5.75 Å². The third-order valence-corrected chi connectivity index (χ3v) is 7.63. The maximum absolute atomic E-state index is 5.77. The number of nitrogens with zero attached hydrogens (tertiary/aromatic N) is 6. The van der Waals surface area contributed by atoms with Crippen LogP contribution in [0.3, 0.4) is 0 Å².